The number of carbonyl (C=O) groups is 3. The molecule has 0 bridgehead atoms. The van der Waals surface area contributed by atoms with Crippen LogP contribution in [0.2, 0.25) is 0 Å². The first kappa shape index (κ1) is 30.9. The number of aliphatic hydroxyl groups excluding tert-OH is 2. The Bertz CT molecular complexity index is 1280. The number of aliphatic hydroxyl groups is 2. The van der Waals surface area contributed by atoms with Crippen molar-refractivity contribution in [3.63, 3.8) is 0 Å². The molecule has 0 unspecified atom stereocenters. The Kier molecular flexibility index (Phi) is 11.2. The van der Waals surface area contributed by atoms with E-state index >= 15 is 0 Å². The van der Waals surface area contributed by atoms with Gasteiger partial charge >= 0.3 is 5.97 Å². The minimum atomic E-state index is -0.849. The lowest BCUT2D eigenvalue weighted by atomic mass is 9.90. The van der Waals surface area contributed by atoms with Crippen LogP contribution in [0.4, 0.5) is 0 Å². The molecule has 11 heteroatoms. The maximum absolute atomic E-state index is 13.8. The number of benzene rings is 2. The smallest absolute Gasteiger partial charge is 0.339 e. The van der Waals surface area contributed by atoms with Crippen molar-refractivity contribution < 1.29 is 43.5 Å². The van der Waals surface area contributed by atoms with Gasteiger partial charge in [0.25, 0.3) is 0 Å². The molecule has 4 rings (SSSR count). The first-order chi connectivity index (χ1) is 20.4. The number of amides is 2. The molecule has 2 amide bonds. The number of rotatable bonds is 13. The summed E-state index contributed by atoms with van der Waals surface area (Å²) >= 11 is 0. The summed E-state index contributed by atoms with van der Waals surface area (Å²) in [5, 5.41) is 20.8. The number of esters is 1. The molecule has 42 heavy (non-hydrogen) atoms. The van der Waals surface area contributed by atoms with E-state index in [-0.39, 0.29) is 46.0 Å². The highest BCUT2D eigenvalue weighted by molar-refractivity contribution is 5.97. The van der Waals surface area contributed by atoms with Gasteiger partial charge in [0.2, 0.25) is 11.8 Å². The van der Waals surface area contributed by atoms with Crippen molar-refractivity contribution in [2.24, 2.45) is 0 Å². The van der Waals surface area contributed by atoms with Crippen LogP contribution in [0.1, 0.15) is 27.9 Å². The topological polar surface area (TPSA) is 144 Å². The predicted molar refractivity (Wildman–Crippen MR) is 152 cm³/mol. The van der Waals surface area contributed by atoms with E-state index < -0.39 is 42.1 Å². The van der Waals surface area contributed by atoms with E-state index in [1.807, 2.05) is 30.3 Å². The second kappa shape index (κ2) is 15.3. The third-order valence-electron chi connectivity index (χ3n) is 7.04. The summed E-state index contributed by atoms with van der Waals surface area (Å²) in [6, 6.07) is 15.3. The monoisotopic (exact) mass is 580 g/mol. The van der Waals surface area contributed by atoms with Gasteiger partial charge in [0.1, 0.15) is 37.8 Å². The van der Waals surface area contributed by atoms with Crippen molar-refractivity contribution in [1.29, 1.82) is 0 Å². The average molecular weight is 581 g/mol. The van der Waals surface area contributed by atoms with Gasteiger partial charge in [0.05, 0.1) is 25.0 Å². The van der Waals surface area contributed by atoms with Crippen molar-refractivity contribution in [1.82, 2.24) is 10.2 Å². The van der Waals surface area contributed by atoms with Crippen LogP contribution >= 0.6 is 0 Å². The number of nitrogens with one attached hydrogen (secondary N) is 1. The number of likely N-dealkylation sites (N-methyl/N-ethyl adjacent to an activating group) is 1. The van der Waals surface area contributed by atoms with Crippen LogP contribution in [0, 0.1) is 0 Å². The SMILES string of the molecule is CN(C(=O)C1=C[C@H]2OCO[C@H]2[C@H](OC(=O)c2ccccc2C=COCCO)C1)[C@H](Cc1ccccc1)C(=O)NCCO. The molecule has 1 heterocycles. The highest BCUT2D eigenvalue weighted by atomic mass is 16.7. The Hall–Kier alpha value is -4.03. The molecule has 0 radical (unpaired) electrons. The van der Waals surface area contributed by atoms with Crippen molar-refractivity contribution in [3.8, 4) is 0 Å². The third-order valence-corrected chi connectivity index (χ3v) is 7.04. The fraction of sp³-hybridized carbons (Fsp3) is 0.387. The number of ether oxygens (including phenoxy) is 4. The first-order valence-electron chi connectivity index (χ1n) is 13.8. The molecule has 2 aliphatic rings. The highest BCUT2D eigenvalue weighted by Crippen LogP contribution is 2.32. The van der Waals surface area contributed by atoms with E-state index in [2.05, 4.69) is 5.32 Å². The molecule has 1 aliphatic carbocycles. The molecule has 0 aromatic heterocycles. The van der Waals surface area contributed by atoms with Crippen molar-refractivity contribution >= 4 is 23.9 Å². The fourth-order valence-corrected chi connectivity index (χ4v) is 4.89. The summed E-state index contributed by atoms with van der Waals surface area (Å²) in [5.41, 5.74) is 2.05. The summed E-state index contributed by atoms with van der Waals surface area (Å²) in [6.07, 6.45) is 2.97. The van der Waals surface area contributed by atoms with E-state index in [1.165, 1.54) is 11.2 Å². The molecule has 2 aromatic rings. The zero-order valence-electron chi connectivity index (χ0n) is 23.4. The van der Waals surface area contributed by atoms with Crippen LogP contribution in [0.3, 0.4) is 0 Å². The molecule has 4 atom stereocenters. The van der Waals surface area contributed by atoms with E-state index in [0.29, 0.717) is 16.7 Å². The van der Waals surface area contributed by atoms with Crippen LogP contribution in [0.15, 0.2) is 72.5 Å². The molecule has 1 fully saturated rings. The van der Waals surface area contributed by atoms with E-state index in [0.717, 1.165) is 5.56 Å². The number of hydrogen-bond acceptors (Lipinski definition) is 9. The minimum absolute atomic E-state index is 0.0150. The molecule has 1 aliphatic heterocycles. The maximum Gasteiger partial charge on any atom is 0.339 e. The zero-order chi connectivity index (χ0) is 29.9. The third kappa shape index (κ3) is 7.83. The summed E-state index contributed by atoms with van der Waals surface area (Å²) in [7, 11) is 1.55. The largest absolute Gasteiger partial charge is 0.499 e. The van der Waals surface area contributed by atoms with Crippen LogP contribution in [0.5, 0.6) is 0 Å². The van der Waals surface area contributed by atoms with Crippen LogP contribution < -0.4 is 5.32 Å². The number of fused-ring (bicyclic) bond motifs is 1. The molecule has 1 saturated heterocycles. The lowest BCUT2D eigenvalue weighted by Gasteiger charge is -2.33. The van der Waals surface area contributed by atoms with Gasteiger partial charge < -0.3 is 39.4 Å². The molecule has 11 nitrogen and oxygen atoms in total. The maximum atomic E-state index is 13.8. The van der Waals surface area contributed by atoms with Crippen LogP contribution in [-0.2, 0) is 35.0 Å². The van der Waals surface area contributed by atoms with Gasteiger partial charge in [-0.3, -0.25) is 9.59 Å². The number of hydrogen-bond donors (Lipinski definition) is 3. The van der Waals surface area contributed by atoms with E-state index in [1.54, 1.807) is 43.5 Å². The fourth-order valence-electron chi connectivity index (χ4n) is 4.89. The van der Waals surface area contributed by atoms with Gasteiger partial charge in [-0.2, -0.15) is 0 Å². The Morgan fingerprint density at radius 3 is 2.60 bits per heavy atom. The standard InChI is InChI=1S/C31H36N2O9/c1-33(25(29(36)32-12-13-34)17-21-7-3-2-4-8-21)30(37)23-18-26-28(41-20-40-26)27(19-23)42-31(38)24-10-6-5-9-22(24)11-15-39-16-14-35/h2-11,15,18,25-28,34-35H,12-14,16-17,19-20H2,1H3,(H,32,36)/t25-,26-,27-,28-/m1/s1. The quantitative estimate of drug-likeness (QED) is 0.182. The Labute approximate surface area is 244 Å². The summed E-state index contributed by atoms with van der Waals surface area (Å²) in [4.78, 5) is 41.5. The van der Waals surface area contributed by atoms with E-state index in [4.69, 9.17) is 24.1 Å². The molecule has 224 valence electrons. The molecular weight excluding hydrogens is 544 g/mol. The van der Waals surface area contributed by atoms with Gasteiger partial charge in [-0.1, -0.05) is 48.5 Å². The first-order valence-corrected chi connectivity index (χ1v) is 13.8. The van der Waals surface area contributed by atoms with Gasteiger partial charge in [-0.25, -0.2) is 4.79 Å². The molecule has 0 saturated carbocycles. The van der Waals surface area contributed by atoms with Crippen molar-refractivity contribution in [2.75, 3.05) is 40.2 Å². The summed E-state index contributed by atoms with van der Waals surface area (Å²) < 4.78 is 22.5. The Morgan fingerprint density at radius 2 is 1.83 bits per heavy atom. The number of carbonyl (C=O) groups excluding carboxylic acids is 3. The molecule has 0 spiro atoms. The molecule has 3 N–H and O–H groups in total. The molecular formula is C31H36N2O9. The van der Waals surface area contributed by atoms with Gasteiger partial charge in [0, 0.05) is 32.0 Å². The second-order valence-electron chi connectivity index (χ2n) is 9.84. The van der Waals surface area contributed by atoms with Crippen molar-refractivity contribution in [2.45, 2.75) is 37.2 Å². The predicted octanol–water partition coefficient (Wildman–Crippen LogP) is 1.44. The highest BCUT2D eigenvalue weighted by Gasteiger charge is 2.43. The summed E-state index contributed by atoms with van der Waals surface area (Å²) in [6.45, 7) is -0.192. The zero-order valence-corrected chi connectivity index (χ0v) is 23.4. The van der Waals surface area contributed by atoms with Gasteiger partial charge in [-0.15, -0.1) is 0 Å². The van der Waals surface area contributed by atoms with Crippen LogP contribution in [0.25, 0.3) is 6.08 Å². The minimum Gasteiger partial charge on any atom is -0.499 e. The molecule has 2 aromatic carbocycles. The average Bonchev–Trinajstić information content (AvgIpc) is 3.50. The second-order valence-corrected chi connectivity index (χ2v) is 9.84. The normalized spacial score (nSPS) is 20.4. The van der Waals surface area contributed by atoms with Crippen LogP contribution in [-0.4, -0.2) is 97.5 Å². The van der Waals surface area contributed by atoms with Crippen molar-refractivity contribution in [3.05, 3.63) is 89.2 Å². The lowest BCUT2D eigenvalue weighted by molar-refractivity contribution is -0.137. The van der Waals surface area contributed by atoms with E-state index in [9.17, 15) is 19.5 Å². The lowest BCUT2D eigenvalue weighted by Crippen LogP contribution is -2.51. The Morgan fingerprint density at radius 1 is 1.07 bits per heavy atom. The summed E-state index contributed by atoms with van der Waals surface area (Å²) in [5.74, 6) is -1.41. The van der Waals surface area contributed by atoms with Gasteiger partial charge in [-0.05, 0) is 29.3 Å². The number of nitrogens with zero attached hydrogens (tertiary/aromatic N) is 1. The van der Waals surface area contributed by atoms with Gasteiger partial charge in [0.15, 0.2) is 0 Å². The Balaban J connectivity index is 1.52.